The number of carbonyl (C=O) groups is 1. The minimum Gasteiger partial charge on any atom is -0.464 e. The van der Waals surface area contributed by atoms with Crippen LogP contribution >= 0.6 is 0 Å². The van der Waals surface area contributed by atoms with Crippen molar-refractivity contribution in [3.05, 3.63) is 71.6 Å². The number of benzene rings is 2. The van der Waals surface area contributed by atoms with Crippen LogP contribution in [0.5, 0.6) is 0 Å². The number of rotatable bonds is 5. The first kappa shape index (κ1) is 17.9. The zero-order chi connectivity index (χ0) is 19.7. The van der Waals surface area contributed by atoms with Gasteiger partial charge in [-0.05, 0) is 49.7 Å². The van der Waals surface area contributed by atoms with Gasteiger partial charge in [0.25, 0.3) is 5.89 Å². The SMILES string of the molecule is Cc1ccc2c(CC(=O)O[C@@H](C)c3nnc(-c4ccc(F)cc4)o3)coc2c1. The summed E-state index contributed by atoms with van der Waals surface area (Å²) in [7, 11) is 0. The number of aryl methyl sites for hydroxylation is 1. The molecule has 142 valence electrons. The number of ether oxygens (including phenoxy) is 1. The van der Waals surface area contributed by atoms with Gasteiger partial charge in [-0.15, -0.1) is 10.2 Å². The van der Waals surface area contributed by atoms with Crippen LogP contribution in [0.2, 0.25) is 0 Å². The van der Waals surface area contributed by atoms with E-state index in [1.165, 1.54) is 24.3 Å². The standard InChI is InChI=1S/C21H17FN2O4/c1-12-3-8-17-15(11-26-18(17)9-12)10-19(25)27-13(2)20-23-24-21(28-20)14-4-6-16(22)7-5-14/h3-9,11,13H,10H2,1-2H3/t13-/m0/s1. The zero-order valence-electron chi connectivity index (χ0n) is 15.3. The van der Waals surface area contributed by atoms with Crippen molar-refractivity contribution < 1.29 is 22.8 Å². The van der Waals surface area contributed by atoms with Crippen LogP contribution in [0.15, 0.2) is 57.6 Å². The van der Waals surface area contributed by atoms with E-state index in [1.54, 1.807) is 13.2 Å². The van der Waals surface area contributed by atoms with E-state index >= 15 is 0 Å². The predicted octanol–water partition coefficient (Wildman–Crippen LogP) is 4.78. The molecule has 0 saturated carbocycles. The van der Waals surface area contributed by atoms with Crippen molar-refractivity contribution >= 4 is 16.9 Å². The number of carbonyl (C=O) groups excluding carboxylic acids is 1. The number of nitrogens with zero attached hydrogens (tertiary/aromatic N) is 2. The number of furan rings is 1. The van der Waals surface area contributed by atoms with Gasteiger partial charge >= 0.3 is 5.97 Å². The number of aromatic nitrogens is 2. The zero-order valence-corrected chi connectivity index (χ0v) is 15.3. The molecule has 7 heteroatoms. The monoisotopic (exact) mass is 380 g/mol. The molecule has 0 aliphatic rings. The Balaban J connectivity index is 1.43. The highest BCUT2D eigenvalue weighted by molar-refractivity contribution is 5.86. The fraction of sp³-hybridized carbons (Fsp3) is 0.190. The molecule has 0 aliphatic heterocycles. The summed E-state index contributed by atoms with van der Waals surface area (Å²) in [5.74, 6) is -0.389. The Morgan fingerprint density at radius 2 is 1.96 bits per heavy atom. The first-order valence-corrected chi connectivity index (χ1v) is 8.75. The normalized spacial score (nSPS) is 12.2. The Kier molecular flexibility index (Phi) is 4.65. The molecule has 0 unspecified atom stereocenters. The first-order valence-electron chi connectivity index (χ1n) is 8.75. The number of hydrogen-bond donors (Lipinski definition) is 0. The van der Waals surface area contributed by atoms with Gasteiger partial charge in [0.15, 0.2) is 6.10 Å². The lowest BCUT2D eigenvalue weighted by atomic mass is 10.1. The van der Waals surface area contributed by atoms with Crippen molar-refractivity contribution in [3.63, 3.8) is 0 Å². The Bertz CT molecular complexity index is 1130. The van der Waals surface area contributed by atoms with Crippen molar-refractivity contribution in [1.29, 1.82) is 0 Å². The van der Waals surface area contributed by atoms with E-state index in [-0.39, 0.29) is 24.0 Å². The molecule has 0 N–H and O–H groups in total. The summed E-state index contributed by atoms with van der Waals surface area (Å²) in [6, 6.07) is 11.5. The van der Waals surface area contributed by atoms with E-state index in [0.29, 0.717) is 5.56 Å². The Morgan fingerprint density at radius 3 is 2.75 bits per heavy atom. The average Bonchev–Trinajstić information content (AvgIpc) is 3.30. The van der Waals surface area contributed by atoms with Gasteiger partial charge in [0.1, 0.15) is 11.4 Å². The van der Waals surface area contributed by atoms with Crippen molar-refractivity contribution in [1.82, 2.24) is 10.2 Å². The lowest BCUT2D eigenvalue weighted by molar-refractivity contribution is -0.148. The lowest BCUT2D eigenvalue weighted by Gasteiger charge is -2.08. The van der Waals surface area contributed by atoms with Crippen LogP contribution in [-0.4, -0.2) is 16.2 Å². The molecule has 0 bridgehead atoms. The molecule has 28 heavy (non-hydrogen) atoms. The third kappa shape index (κ3) is 3.64. The van der Waals surface area contributed by atoms with Crippen LogP contribution in [-0.2, 0) is 16.0 Å². The Morgan fingerprint density at radius 1 is 1.18 bits per heavy atom. The highest BCUT2D eigenvalue weighted by atomic mass is 19.1. The van der Waals surface area contributed by atoms with Gasteiger partial charge in [0, 0.05) is 16.5 Å². The van der Waals surface area contributed by atoms with Crippen LogP contribution < -0.4 is 0 Å². The van der Waals surface area contributed by atoms with Gasteiger partial charge in [-0.25, -0.2) is 4.39 Å². The maximum absolute atomic E-state index is 13.0. The second kappa shape index (κ2) is 7.26. The molecular weight excluding hydrogens is 363 g/mol. The minimum absolute atomic E-state index is 0.0688. The van der Waals surface area contributed by atoms with Crippen LogP contribution in [0.4, 0.5) is 4.39 Å². The Hall–Kier alpha value is -3.48. The third-order valence-corrected chi connectivity index (χ3v) is 4.33. The molecule has 0 amide bonds. The van der Waals surface area contributed by atoms with Crippen LogP contribution in [0.1, 0.15) is 30.0 Å². The molecule has 2 heterocycles. The van der Waals surface area contributed by atoms with E-state index in [9.17, 15) is 9.18 Å². The molecule has 2 aromatic carbocycles. The Labute approximate surface area is 159 Å². The second-order valence-corrected chi connectivity index (χ2v) is 6.52. The largest absolute Gasteiger partial charge is 0.464 e. The molecule has 6 nitrogen and oxygen atoms in total. The molecule has 2 aromatic heterocycles. The van der Waals surface area contributed by atoms with E-state index in [2.05, 4.69) is 10.2 Å². The van der Waals surface area contributed by atoms with Gasteiger partial charge in [0.2, 0.25) is 5.89 Å². The van der Waals surface area contributed by atoms with Crippen molar-refractivity contribution in [2.24, 2.45) is 0 Å². The van der Waals surface area contributed by atoms with Gasteiger partial charge in [0.05, 0.1) is 12.7 Å². The molecule has 0 spiro atoms. The molecule has 0 aliphatic carbocycles. The summed E-state index contributed by atoms with van der Waals surface area (Å²) in [5.41, 5.74) is 3.15. The fourth-order valence-corrected chi connectivity index (χ4v) is 2.88. The molecular formula is C21H17FN2O4. The van der Waals surface area contributed by atoms with Crippen LogP contribution in [0.25, 0.3) is 22.4 Å². The van der Waals surface area contributed by atoms with Crippen LogP contribution in [0, 0.1) is 12.7 Å². The summed E-state index contributed by atoms with van der Waals surface area (Å²) < 4.78 is 29.5. The molecule has 0 radical (unpaired) electrons. The highest BCUT2D eigenvalue weighted by Crippen LogP contribution is 2.25. The number of hydrogen-bond acceptors (Lipinski definition) is 6. The topological polar surface area (TPSA) is 78.4 Å². The predicted molar refractivity (Wildman–Crippen MR) is 98.9 cm³/mol. The van der Waals surface area contributed by atoms with Gasteiger partial charge < -0.3 is 13.6 Å². The quantitative estimate of drug-likeness (QED) is 0.464. The van der Waals surface area contributed by atoms with Crippen LogP contribution in [0.3, 0.4) is 0 Å². The molecule has 0 saturated heterocycles. The summed E-state index contributed by atoms with van der Waals surface area (Å²) in [6.07, 6.45) is 0.920. The first-order chi connectivity index (χ1) is 13.5. The van der Waals surface area contributed by atoms with E-state index in [0.717, 1.165) is 22.1 Å². The van der Waals surface area contributed by atoms with Gasteiger partial charge in [-0.3, -0.25) is 4.79 Å². The highest BCUT2D eigenvalue weighted by Gasteiger charge is 2.20. The number of fused-ring (bicyclic) bond motifs is 1. The fourth-order valence-electron chi connectivity index (χ4n) is 2.88. The molecule has 4 aromatic rings. The van der Waals surface area contributed by atoms with Crippen molar-refractivity contribution in [2.45, 2.75) is 26.4 Å². The van der Waals surface area contributed by atoms with Crippen molar-refractivity contribution in [3.8, 4) is 11.5 Å². The van der Waals surface area contributed by atoms with Gasteiger partial charge in [-0.2, -0.15) is 0 Å². The number of esters is 1. The van der Waals surface area contributed by atoms with Gasteiger partial charge in [-0.1, -0.05) is 12.1 Å². The third-order valence-electron chi connectivity index (χ3n) is 4.33. The van der Waals surface area contributed by atoms with E-state index in [1.807, 2.05) is 25.1 Å². The summed E-state index contributed by atoms with van der Waals surface area (Å²) in [6.45, 7) is 3.62. The smallest absolute Gasteiger partial charge is 0.311 e. The molecule has 4 rings (SSSR count). The lowest BCUT2D eigenvalue weighted by Crippen LogP contribution is -2.11. The summed E-state index contributed by atoms with van der Waals surface area (Å²) in [4.78, 5) is 12.3. The van der Waals surface area contributed by atoms with Crippen molar-refractivity contribution in [2.75, 3.05) is 0 Å². The minimum atomic E-state index is -0.713. The molecule has 0 fully saturated rings. The maximum Gasteiger partial charge on any atom is 0.311 e. The number of halogens is 1. The second-order valence-electron chi connectivity index (χ2n) is 6.52. The molecule has 1 atom stereocenters. The summed E-state index contributed by atoms with van der Waals surface area (Å²) in [5, 5.41) is 8.72. The summed E-state index contributed by atoms with van der Waals surface area (Å²) >= 11 is 0. The van der Waals surface area contributed by atoms with E-state index in [4.69, 9.17) is 13.6 Å². The van der Waals surface area contributed by atoms with E-state index < -0.39 is 12.1 Å². The maximum atomic E-state index is 13.0. The average molecular weight is 380 g/mol.